The Labute approximate surface area is 165 Å². The van der Waals surface area contributed by atoms with Crippen LogP contribution in [-0.4, -0.2) is 23.2 Å². The SMILES string of the molecule is COc1cccc2c(O)c3c(NC(=O)c4ccc(Cl)cc4)cccc3c(O)c12. The number of phenols is 2. The van der Waals surface area contributed by atoms with Crippen LogP contribution in [0.1, 0.15) is 10.4 Å². The van der Waals surface area contributed by atoms with E-state index in [4.69, 9.17) is 16.3 Å². The number of nitrogens with one attached hydrogen (secondary N) is 1. The molecule has 0 saturated carbocycles. The molecule has 0 spiro atoms. The summed E-state index contributed by atoms with van der Waals surface area (Å²) in [6.07, 6.45) is 0. The molecule has 4 aromatic carbocycles. The minimum atomic E-state index is -0.353. The first-order valence-electron chi connectivity index (χ1n) is 8.51. The molecular weight excluding hydrogens is 378 g/mol. The molecule has 0 aliphatic carbocycles. The van der Waals surface area contributed by atoms with Crippen LogP contribution in [0.25, 0.3) is 21.5 Å². The molecule has 0 heterocycles. The van der Waals surface area contributed by atoms with Crippen molar-refractivity contribution in [1.82, 2.24) is 0 Å². The molecule has 0 unspecified atom stereocenters. The first kappa shape index (κ1) is 17.9. The van der Waals surface area contributed by atoms with E-state index in [0.29, 0.717) is 43.6 Å². The number of hydrogen-bond acceptors (Lipinski definition) is 4. The molecule has 4 aromatic rings. The minimum absolute atomic E-state index is 0.0251. The second-order valence-corrected chi connectivity index (χ2v) is 6.71. The number of fused-ring (bicyclic) bond motifs is 2. The normalized spacial score (nSPS) is 10.9. The van der Waals surface area contributed by atoms with Gasteiger partial charge in [-0.25, -0.2) is 0 Å². The van der Waals surface area contributed by atoms with Crippen LogP contribution in [0.2, 0.25) is 5.02 Å². The number of amides is 1. The van der Waals surface area contributed by atoms with Gasteiger partial charge in [0, 0.05) is 21.4 Å². The summed E-state index contributed by atoms with van der Waals surface area (Å²) < 4.78 is 5.32. The number of carbonyl (C=O) groups excluding carboxylic acids is 1. The van der Waals surface area contributed by atoms with Crippen LogP contribution in [0.15, 0.2) is 60.7 Å². The maximum atomic E-state index is 12.6. The third-order valence-electron chi connectivity index (χ3n) is 4.65. The van der Waals surface area contributed by atoms with Crippen molar-refractivity contribution in [2.24, 2.45) is 0 Å². The van der Waals surface area contributed by atoms with Crippen LogP contribution in [0, 0.1) is 0 Å². The molecule has 0 fully saturated rings. The number of methoxy groups -OCH3 is 1. The van der Waals surface area contributed by atoms with Crippen LogP contribution in [0.4, 0.5) is 5.69 Å². The van der Waals surface area contributed by atoms with Crippen LogP contribution in [0.3, 0.4) is 0 Å². The van der Waals surface area contributed by atoms with E-state index >= 15 is 0 Å². The molecule has 0 radical (unpaired) electrons. The van der Waals surface area contributed by atoms with Crippen molar-refractivity contribution in [2.45, 2.75) is 0 Å². The maximum absolute atomic E-state index is 12.6. The fourth-order valence-electron chi connectivity index (χ4n) is 3.32. The first-order chi connectivity index (χ1) is 13.5. The molecule has 4 rings (SSSR count). The van der Waals surface area contributed by atoms with E-state index in [2.05, 4.69) is 5.32 Å². The third kappa shape index (κ3) is 2.86. The minimum Gasteiger partial charge on any atom is -0.507 e. The Kier molecular flexibility index (Phi) is 4.45. The molecule has 0 saturated heterocycles. The van der Waals surface area contributed by atoms with E-state index in [-0.39, 0.29) is 17.4 Å². The number of halogens is 1. The van der Waals surface area contributed by atoms with E-state index < -0.39 is 0 Å². The van der Waals surface area contributed by atoms with Crippen LogP contribution in [0.5, 0.6) is 17.2 Å². The van der Waals surface area contributed by atoms with Gasteiger partial charge in [-0.3, -0.25) is 4.79 Å². The number of anilines is 1. The van der Waals surface area contributed by atoms with Gasteiger partial charge < -0.3 is 20.3 Å². The van der Waals surface area contributed by atoms with Crippen molar-refractivity contribution in [2.75, 3.05) is 12.4 Å². The van der Waals surface area contributed by atoms with Gasteiger partial charge in [-0.15, -0.1) is 0 Å². The Balaban J connectivity index is 1.91. The topological polar surface area (TPSA) is 78.8 Å². The van der Waals surface area contributed by atoms with E-state index in [0.717, 1.165) is 0 Å². The molecule has 6 heteroatoms. The number of ether oxygens (including phenoxy) is 1. The van der Waals surface area contributed by atoms with Gasteiger partial charge in [-0.1, -0.05) is 35.9 Å². The lowest BCUT2D eigenvalue weighted by molar-refractivity contribution is 0.102. The van der Waals surface area contributed by atoms with Crippen molar-refractivity contribution < 1.29 is 19.7 Å². The largest absolute Gasteiger partial charge is 0.507 e. The molecule has 0 atom stereocenters. The fraction of sp³-hybridized carbons (Fsp3) is 0.0455. The van der Waals surface area contributed by atoms with E-state index in [9.17, 15) is 15.0 Å². The summed E-state index contributed by atoms with van der Waals surface area (Å²) in [6, 6.07) is 16.6. The quantitative estimate of drug-likeness (QED) is 0.325. The van der Waals surface area contributed by atoms with Crippen LogP contribution >= 0.6 is 11.6 Å². The lowest BCUT2D eigenvalue weighted by Crippen LogP contribution is -2.12. The zero-order valence-corrected chi connectivity index (χ0v) is 15.6. The first-order valence-corrected chi connectivity index (χ1v) is 8.89. The smallest absolute Gasteiger partial charge is 0.255 e. The number of phenolic OH excluding ortho intramolecular Hbond substituents is 2. The van der Waals surface area contributed by atoms with Crippen molar-refractivity contribution in [3.05, 3.63) is 71.2 Å². The summed E-state index contributed by atoms with van der Waals surface area (Å²) in [7, 11) is 1.50. The molecule has 140 valence electrons. The summed E-state index contributed by atoms with van der Waals surface area (Å²) in [5, 5.41) is 26.7. The summed E-state index contributed by atoms with van der Waals surface area (Å²) in [4.78, 5) is 12.6. The molecule has 1 amide bonds. The Morgan fingerprint density at radius 3 is 2.18 bits per heavy atom. The van der Waals surface area contributed by atoms with Gasteiger partial charge >= 0.3 is 0 Å². The summed E-state index contributed by atoms with van der Waals surface area (Å²) in [5.74, 6) is 0.0214. The molecular formula is C22H16ClNO4. The lowest BCUT2D eigenvalue weighted by atomic mass is 9.98. The van der Waals surface area contributed by atoms with Crippen molar-refractivity contribution in [3.8, 4) is 17.2 Å². The predicted octanol–water partition coefficient (Wildman–Crippen LogP) is 5.32. The highest BCUT2D eigenvalue weighted by atomic mass is 35.5. The van der Waals surface area contributed by atoms with Gasteiger partial charge in [-0.2, -0.15) is 0 Å². The number of benzene rings is 4. The van der Waals surface area contributed by atoms with Crippen LogP contribution < -0.4 is 10.1 Å². The van der Waals surface area contributed by atoms with Gasteiger partial charge in [0.15, 0.2) is 0 Å². The van der Waals surface area contributed by atoms with Crippen molar-refractivity contribution in [3.63, 3.8) is 0 Å². The van der Waals surface area contributed by atoms with Gasteiger partial charge in [0.05, 0.1) is 23.6 Å². The predicted molar refractivity (Wildman–Crippen MR) is 111 cm³/mol. The summed E-state index contributed by atoms with van der Waals surface area (Å²) >= 11 is 5.87. The van der Waals surface area contributed by atoms with Crippen LogP contribution in [-0.2, 0) is 0 Å². The Morgan fingerprint density at radius 1 is 0.893 bits per heavy atom. The molecule has 3 N–H and O–H groups in total. The standard InChI is InChI=1S/C22H16ClNO4/c1-28-17-7-3-5-15-19(17)21(26)14-4-2-6-16(18(14)20(15)25)24-22(27)12-8-10-13(23)11-9-12/h2-11,25-26H,1H3,(H,24,27). The molecule has 0 aliphatic rings. The van der Waals surface area contributed by atoms with Gasteiger partial charge in [-0.05, 0) is 36.4 Å². The second kappa shape index (κ2) is 6.94. The number of rotatable bonds is 3. The van der Waals surface area contributed by atoms with E-state index in [1.54, 1.807) is 60.7 Å². The monoisotopic (exact) mass is 393 g/mol. The van der Waals surface area contributed by atoms with Crippen molar-refractivity contribution >= 4 is 44.7 Å². The molecule has 0 bridgehead atoms. The van der Waals surface area contributed by atoms with Gasteiger partial charge in [0.1, 0.15) is 17.2 Å². The van der Waals surface area contributed by atoms with Crippen molar-refractivity contribution in [1.29, 1.82) is 0 Å². The number of hydrogen-bond donors (Lipinski definition) is 3. The third-order valence-corrected chi connectivity index (χ3v) is 4.90. The number of carbonyl (C=O) groups is 1. The molecule has 0 aromatic heterocycles. The van der Waals surface area contributed by atoms with E-state index in [1.165, 1.54) is 7.11 Å². The highest BCUT2D eigenvalue weighted by Gasteiger charge is 2.19. The van der Waals surface area contributed by atoms with Gasteiger partial charge in [0.25, 0.3) is 5.91 Å². The molecule has 28 heavy (non-hydrogen) atoms. The fourth-order valence-corrected chi connectivity index (χ4v) is 3.44. The Morgan fingerprint density at radius 2 is 1.50 bits per heavy atom. The van der Waals surface area contributed by atoms with E-state index in [1.807, 2.05) is 0 Å². The number of aromatic hydroxyl groups is 2. The summed E-state index contributed by atoms with van der Waals surface area (Å²) in [5.41, 5.74) is 0.808. The zero-order chi connectivity index (χ0) is 19.8. The Hall–Kier alpha value is -3.44. The van der Waals surface area contributed by atoms with Gasteiger partial charge in [0.2, 0.25) is 0 Å². The highest BCUT2D eigenvalue weighted by Crippen LogP contribution is 2.47. The molecule has 5 nitrogen and oxygen atoms in total. The lowest BCUT2D eigenvalue weighted by Gasteiger charge is -2.15. The molecule has 0 aliphatic heterocycles. The summed E-state index contributed by atoms with van der Waals surface area (Å²) in [6.45, 7) is 0. The zero-order valence-electron chi connectivity index (χ0n) is 14.9. The Bertz CT molecular complexity index is 1220. The second-order valence-electron chi connectivity index (χ2n) is 6.27. The highest BCUT2D eigenvalue weighted by molar-refractivity contribution is 6.30. The average Bonchev–Trinajstić information content (AvgIpc) is 2.71. The maximum Gasteiger partial charge on any atom is 0.255 e. The average molecular weight is 394 g/mol.